The fourth-order valence-electron chi connectivity index (χ4n) is 1.58. The van der Waals surface area contributed by atoms with Crippen molar-refractivity contribution in [2.24, 2.45) is 0 Å². The summed E-state index contributed by atoms with van der Waals surface area (Å²) in [5.41, 5.74) is -0.846. The number of hydrogen-bond acceptors (Lipinski definition) is 5. The molecule has 0 saturated heterocycles. The highest BCUT2D eigenvalue weighted by atomic mass is 16.6. The van der Waals surface area contributed by atoms with E-state index in [1.165, 1.54) is 12.1 Å². The van der Waals surface area contributed by atoms with Crippen LogP contribution < -0.4 is 10.1 Å². The van der Waals surface area contributed by atoms with Gasteiger partial charge in [-0.2, -0.15) is 0 Å². The molecular weight excluding hydrogens is 280 g/mol. The average molecular weight is 296 g/mol. The first-order valence-electron chi connectivity index (χ1n) is 6.37. The van der Waals surface area contributed by atoms with Crippen LogP contribution in [0.15, 0.2) is 18.2 Å². The Bertz CT molecular complexity index is 511. The molecule has 0 fully saturated rings. The predicted molar refractivity (Wildman–Crippen MR) is 73.5 cm³/mol. The largest absolute Gasteiger partial charge is 0.478 e. The molecule has 0 aliphatic heterocycles. The van der Waals surface area contributed by atoms with Gasteiger partial charge in [-0.25, -0.2) is 4.79 Å². The first-order valence-corrected chi connectivity index (χ1v) is 6.37. The van der Waals surface area contributed by atoms with E-state index in [2.05, 4.69) is 5.32 Å². The molecule has 0 atom stereocenters. The zero-order chi connectivity index (χ0) is 15.8. The summed E-state index contributed by atoms with van der Waals surface area (Å²) in [5.74, 6) is -2.24. The van der Waals surface area contributed by atoms with Crippen LogP contribution in [0.3, 0.4) is 0 Å². The number of nitro benzene ring substituents is 1. The van der Waals surface area contributed by atoms with E-state index in [0.717, 1.165) is 18.9 Å². The van der Waals surface area contributed by atoms with Crippen LogP contribution >= 0.6 is 0 Å². The lowest BCUT2D eigenvalue weighted by molar-refractivity contribution is -0.385. The van der Waals surface area contributed by atoms with Crippen molar-refractivity contribution in [1.82, 2.24) is 5.32 Å². The Balaban J connectivity index is 2.83. The van der Waals surface area contributed by atoms with Crippen molar-refractivity contribution in [1.29, 1.82) is 0 Å². The summed E-state index contributed by atoms with van der Waals surface area (Å²) >= 11 is 0. The summed E-state index contributed by atoms with van der Waals surface area (Å²) in [4.78, 5) is 32.7. The molecule has 0 unspecified atom stereocenters. The number of ether oxygens (including phenoxy) is 1. The molecule has 1 rings (SSSR count). The predicted octanol–water partition coefficient (Wildman–Crippen LogP) is 1.59. The minimum atomic E-state index is -1.36. The van der Waals surface area contributed by atoms with Gasteiger partial charge in [0, 0.05) is 12.6 Å². The molecular formula is C13H16N2O6. The molecule has 2 N–H and O–H groups in total. The maximum absolute atomic E-state index is 11.5. The molecule has 0 heterocycles. The van der Waals surface area contributed by atoms with Crippen molar-refractivity contribution in [3.05, 3.63) is 33.9 Å². The molecule has 21 heavy (non-hydrogen) atoms. The maximum atomic E-state index is 11.5. The van der Waals surface area contributed by atoms with Gasteiger partial charge < -0.3 is 15.2 Å². The van der Waals surface area contributed by atoms with Crippen LogP contribution in [0.2, 0.25) is 0 Å². The van der Waals surface area contributed by atoms with Crippen molar-refractivity contribution >= 4 is 17.6 Å². The summed E-state index contributed by atoms with van der Waals surface area (Å²) in [6.45, 7) is 1.96. The molecule has 114 valence electrons. The lowest BCUT2D eigenvalue weighted by Gasteiger charge is -2.09. The molecule has 8 heteroatoms. The average Bonchev–Trinajstić information content (AvgIpc) is 2.44. The highest BCUT2D eigenvalue weighted by molar-refractivity contribution is 5.92. The molecule has 0 aromatic heterocycles. The Morgan fingerprint density at radius 1 is 1.43 bits per heavy atom. The van der Waals surface area contributed by atoms with Gasteiger partial charge in [-0.1, -0.05) is 19.4 Å². The first-order chi connectivity index (χ1) is 9.97. The monoisotopic (exact) mass is 296 g/mol. The highest BCUT2D eigenvalue weighted by Gasteiger charge is 2.23. The van der Waals surface area contributed by atoms with Gasteiger partial charge in [0.05, 0.1) is 4.92 Å². The zero-order valence-electron chi connectivity index (χ0n) is 11.5. The van der Waals surface area contributed by atoms with Crippen LogP contribution in [0.1, 0.15) is 30.1 Å². The second-order valence-corrected chi connectivity index (χ2v) is 4.21. The van der Waals surface area contributed by atoms with Gasteiger partial charge in [-0.3, -0.25) is 14.9 Å². The Labute approximate surface area is 120 Å². The van der Waals surface area contributed by atoms with E-state index in [1.807, 2.05) is 6.92 Å². The van der Waals surface area contributed by atoms with E-state index in [-0.39, 0.29) is 5.56 Å². The van der Waals surface area contributed by atoms with Gasteiger partial charge in [-0.15, -0.1) is 0 Å². The molecule has 0 radical (unpaired) electrons. The van der Waals surface area contributed by atoms with E-state index in [4.69, 9.17) is 9.84 Å². The van der Waals surface area contributed by atoms with Crippen molar-refractivity contribution in [2.45, 2.75) is 19.8 Å². The fourth-order valence-corrected chi connectivity index (χ4v) is 1.58. The number of para-hydroxylation sites is 1. The van der Waals surface area contributed by atoms with Crippen LogP contribution in [0.25, 0.3) is 0 Å². The van der Waals surface area contributed by atoms with E-state index in [1.54, 1.807) is 0 Å². The van der Waals surface area contributed by atoms with Gasteiger partial charge in [-0.05, 0) is 12.5 Å². The lowest BCUT2D eigenvalue weighted by Crippen LogP contribution is -2.30. The summed E-state index contributed by atoms with van der Waals surface area (Å²) in [6, 6.07) is 3.55. The first kappa shape index (κ1) is 16.4. The number of benzene rings is 1. The van der Waals surface area contributed by atoms with Crippen molar-refractivity contribution in [3.8, 4) is 5.75 Å². The summed E-state index contributed by atoms with van der Waals surface area (Å²) < 4.78 is 5.05. The quantitative estimate of drug-likeness (QED) is 0.427. The minimum Gasteiger partial charge on any atom is -0.478 e. The number of aromatic carboxylic acids is 1. The van der Waals surface area contributed by atoms with E-state index < -0.39 is 34.8 Å². The van der Waals surface area contributed by atoms with E-state index in [0.29, 0.717) is 6.54 Å². The molecule has 1 aromatic rings. The van der Waals surface area contributed by atoms with Crippen LogP contribution in [-0.2, 0) is 4.79 Å². The topological polar surface area (TPSA) is 119 Å². The SMILES string of the molecule is CCCCNC(=O)COc1c(C(=O)O)cccc1[N+](=O)[O-]. The third-order valence-corrected chi connectivity index (χ3v) is 2.62. The van der Waals surface area contributed by atoms with Crippen molar-refractivity contribution < 1.29 is 24.4 Å². The molecule has 0 bridgehead atoms. The number of carbonyl (C=O) groups excluding carboxylic acids is 1. The second kappa shape index (κ2) is 7.83. The Kier molecular flexibility index (Phi) is 6.12. The minimum absolute atomic E-state index is 0.356. The number of carboxylic acids is 1. The number of unbranched alkanes of at least 4 members (excludes halogenated alkanes) is 1. The third kappa shape index (κ3) is 4.75. The van der Waals surface area contributed by atoms with Crippen LogP contribution in [-0.4, -0.2) is 35.1 Å². The van der Waals surface area contributed by atoms with Gasteiger partial charge in [0.1, 0.15) is 5.56 Å². The molecule has 8 nitrogen and oxygen atoms in total. The second-order valence-electron chi connectivity index (χ2n) is 4.21. The zero-order valence-corrected chi connectivity index (χ0v) is 11.5. The van der Waals surface area contributed by atoms with Crippen LogP contribution in [0.5, 0.6) is 5.75 Å². The van der Waals surface area contributed by atoms with Crippen LogP contribution in [0, 0.1) is 10.1 Å². The number of amides is 1. The summed E-state index contributed by atoms with van der Waals surface area (Å²) in [7, 11) is 0. The maximum Gasteiger partial charge on any atom is 0.339 e. The van der Waals surface area contributed by atoms with Gasteiger partial charge in [0.25, 0.3) is 5.91 Å². The third-order valence-electron chi connectivity index (χ3n) is 2.62. The van der Waals surface area contributed by atoms with Gasteiger partial charge in [0.2, 0.25) is 5.75 Å². The molecule has 0 spiro atoms. The standard InChI is InChI=1S/C13H16N2O6/c1-2-3-7-14-11(16)8-21-12-9(13(17)18)5-4-6-10(12)15(19)20/h4-6H,2-3,7-8H2,1H3,(H,14,16)(H,17,18). The lowest BCUT2D eigenvalue weighted by atomic mass is 10.1. The van der Waals surface area contributed by atoms with Crippen molar-refractivity contribution in [3.63, 3.8) is 0 Å². The number of nitro groups is 1. The number of nitrogens with zero attached hydrogens (tertiary/aromatic N) is 1. The Morgan fingerprint density at radius 2 is 2.14 bits per heavy atom. The smallest absolute Gasteiger partial charge is 0.339 e. The Hall–Kier alpha value is -2.64. The molecule has 0 aliphatic carbocycles. The van der Waals surface area contributed by atoms with E-state index in [9.17, 15) is 19.7 Å². The van der Waals surface area contributed by atoms with Gasteiger partial charge >= 0.3 is 11.7 Å². The number of carboxylic acid groups (broad SMARTS) is 1. The molecule has 0 aliphatic rings. The number of nitrogens with one attached hydrogen (secondary N) is 1. The van der Waals surface area contributed by atoms with Gasteiger partial charge in [0.15, 0.2) is 6.61 Å². The van der Waals surface area contributed by atoms with E-state index >= 15 is 0 Å². The highest BCUT2D eigenvalue weighted by Crippen LogP contribution is 2.30. The number of rotatable bonds is 8. The molecule has 0 saturated carbocycles. The fraction of sp³-hybridized carbons (Fsp3) is 0.385. The summed E-state index contributed by atoms with van der Waals surface area (Å²) in [6.07, 6.45) is 1.71. The molecule has 1 aromatic carbocycles. The Morgan fingerprint density at radius 3 is 2.71 bits per heavy atom. The van der Waals surface area contributed by atoms with Crippen molar-refractivity contribution in [2.75, 3.05) is 13.2 Å². The number of hydrogen-bond donors (Lipinski definition) is 2. The number of carbonyl (C=O) groups is 2. The summed E-state index contributed by atoms with van der Waals surface area (Å²) in [5, 5.41) is 22.5. The molecule has 1 amide bonds. The van der Waals surface area contributed by atoms with Crippen LogP contribution in [0.4, 0.5) is 5.69 Å². The normalized spacial score (nSPS) is 9.95.